The van der Waals surface area contributed by atoms with Crippen LogP contribution in [0.2, 0.25) is 0 Å². The lowest BCUT2D eigenvalue weighted by atomic mass is 10.2. The molecule has 0 saturated carbocycles. The third-order valence-electron chi connectivity index (χ3n) is 3.80. The molecule has 1 aliphatic heterocycles. The highest BCUT2D eigenvalue weighted by atomic mass is 16.5. The van der Waals surface area contributed by atoms with E-state index >= 15 is 0 Å². The average Bonchev–Trinajstić information content (AvgIpc) is 3.09. The smallest absolute Gasteiger partial charge is 0.243 e. The molecule has 0 bridgehead atoms. The van der Waals surface area contributed by atoms with Crippen LogP contribution in [0.3, 0.4) is 0 Å². The lowest BCUT2D eigenvalue weighted by molar-refractivity contribution is -0.114. The molecule has 1 saturated heterocycles. The predicted octanol–water partition coefficient (Wildman–Crippen LogP) is 2.50. The second-order valence-corrected chi connectivity index (χ2v) is 5.62. The van der Waals surface area contributed by atoms with Crippen LogP contribution in [0.15, 0.2) is 36.7 Å². The van der Waals surface area contributed by atoms with Gasteiger partial charge in [0.25, 0.3) is 0 Å². The van der Waals surface area contributed by atoms with E-state index in [1.54, 1.807) is 41.3 Å². The molecule has 1 aromatic heterocycles. The first kappa shape index (κ1) is 16.0. The highest BCUT2D eigenvalue weighted by Crippen LogP contribution is 2.22. The Kier molecular flexibility index (Phi) is 5.08. The van der Waals surface area contributed by atoms with Gasteiger partial charge in [0.05, 0.1) is 36.3 Å². The number of nitriles is 1. The molecule has 1 aromatic carbocycles. The third-order valence-corrected chi connectivity index (χ3v) is 3.80. The fraction of sp³-hybridized carbons (Fsp3) is 0.353. The van der Waals surface area contributed by atoms with Crippen molar-refractivity contribution in [1.29, 1.82) is 5.26 Å². The van der Waals surface area contributed by atoms with Gasteiger partial charge in [-0.2, -0.15) is 10.4 Å². The zero-order valence-corrected chi connectivity index (χ0v) is 13.2. The first-order valence-electron chi connectivity index (χ1n) is 7.94. The molecule has 0 spiro atoms. The number of amides is 1. The summed E-state index contributed by atoms with van der Waals surface area (Å²) in [5.74, 6) is -0.163. The number of nitrogens with one attached hydrogen (secondary N) is 2. The Balaban J connectivity index is 1.49. The van der Waals surface area contributed by atoms with E-state index in [9.17, 15) is 4.79 Å². The van der Waals surface area contributed by atoms with Crippen molar-refractivity contribution >= 4 is 17.3 Å². The van der Waals surface area contributed by atoms with Crippen molar-refractivity contribution in [2.75, 3.05) is 23.8 Å². The number of rotatable bonds is 5. The fourth-order valence-corrected chi connectivity index (χ4v) is 2.54. The van der Waals surface area contributed by atoms with Gasteiger partial charge in [0, 0.05) is 12.3 Å². The number of anilines is 2. The molecule has 3 rings (SSSR count). The van der Waals surface area contributed by atoms with Gasteiger partial charge in [-0.15, -0.1) is 0 Å². The monoisotopic (exact) mass is 325 g/mol. The second kappa shape index (κ2) is 7.62. The van der Waals surface area contributed by atoms with Gasteiger partial charge in [0.2, 0.25) is 5.91 Å². The highest BCUT2D eigenvalue weighted by Gasteiger charge is 2.16. The van der Waals surface area contributed by atoms with E-state index in [0.29, 0.717) is 11.3 Å². The van der Waals surface area contributed by atoms with E-state index in [4.69, 9.17) is 10.00 Å². The Morgan fingerprint density at radius 2 is 2.17 bits per heavy atom. The van der Waals surface area contributed by atoms with Crippen LogP contribution in [0.4, 0.5) is 11.4 Å². The molecule has 7 heteroatoms. The zero-order valence-electron chi connectivity index (χ0n) is 13.2. The van der Waals surface area contributed by atoms with Crippen LogP contribution in [-0.4, -0.2) is 28.8 Å². The van der Waals surface area contributed by atoms with Crippen LogP contribution in [-0.2, 0) is 9.53 Å². The highest BCUT2D eigenvalue weighted by molar-refractivity contribution is 5.93. The topological polar surface area (TPSA) is 92.0 Å². The summed E-state index contributed by atoms with van der Waals surface area (Å²) in [6.45, 7) is 0.887. The largest absolute Gasteiger partial charge is 0.376 e. The molecule has 0 radical (unpaired) electrons. The number of benzene rings is 1. The maximum atomic E-state index is 12.0. The average molecular weight is 325 g/mol. The van der Waals surface area contributed by atoms with Crippen molar-refractivity contribution < 1.29 is 9.53 Å². The van der Waals surface area contributed by atoms with Gasteiger partial charge in [0.1, 0.15) is 6.23 Å². The van der Waals surface area contributed by atoms with Crippen LogP contribution in [0, 0.1) is 11.3 Å². The molecule has 1 fully saturated rings. The predicted molar refractivity (Wildman–Crippen MR) is 89.3 cm³/mol. The third kappa shape index (κ3) is 4.12. The van der Waals surface area contributed by atoms with Gasteiger partial charge in [-0.25, -0.2) is 4.68 Å². The molecule has 1 unspecified atom stereocenters. The van der Waals surface area contributed by atoms with Gasteiger partial charge in [-0.3, -0.25) is 4.79 Å². The van der Waals surface area contributed by atoms with Crippen LogP contribution in [0.5, 0.6) is 0 Å². The first-order valence-corrected chi connectivity index (χ1v) is 7.94. The van der Waals surface area contributed by atoms with Crippen molar-refractivity contribution in [1.82, 2.24) is 9.78 Å². The molecular weight excluding hydrogens is 306 g/mol. The summed E-state index contributed by atoms with van der Waals surface area (Å²) in [6.07, 6.45) is 6.52. The van der Waals surface area contributed by atoms with Gasteiger partial charge in [0.15, 0.2) is 0 Å². The van der Waals surface area contributed by atoms with E-state index in [0.717, 1.165) is 31.6 Å². The van der Waals surface area contributed by atoms with E-state index in [1.807, 2.05) is 0 Å². The summed E-state index contributed by atoms with van der Waals surface area (Å²) in [6, 6.07) is 9.00. The van der Waals surface area contributed by atoms with Crippen LogP contribution < -0.4 is 10.6 Å². The summed E-state index contributed by atoms with van der Waals surface area (Å²) in [5.41, 5.74) is 2.02. The summed E-state index contributed by atoms with van der Waals surface area (Å²) in [7, 11) is 0. The van der Waals surface area contributed by atoms with Crippen molar-refractivity contribution in [3.05, 3.63) is 42.2 Å². The lowest BCUT2D eigenvalue weighted by Gasteiger charge is -2.22. The molecular formula is C17H19N5O2. The van der Waals surface area contributed by atoms with Crippen molar-refractivity contribution in [3.63, 3.8) is 0 Å². The zero-order chi connectivity index (χ0) is 16.8. The number of nitrogens with zero attached hydrogens (tertiary/aromatic N) is 3. The molecule has 1 aliphatic rings. The molecule has 124 valence electrons. The van der Waals surface area contributed by atoms with E-state index in [-0.39, 0.29) is 18.7 Å². The van der Waals surface area contributed by atoms with Crippen molar-refractivity contribution in [3.8, 4) is 6.07 Å². The minimum absolute atomic E-state index is 0.0406. The second-order valence-electron chi connectivity index (χ2n) is 5.62. The van der Waals surface area contributed by atoms with Gasteiger partial charge >= 0.3 is 0 Å². The van der Waals surface area contributed by atoms with E-state index in [1.165, 1.54) is 0 Å². The quantitative estimate of drug-likeness (QED) is 0.881. The van der Waals surface area contributed by atoms with Gasteiger partial charge in [-0.1, -0.05) is 0 Å². The van der Waals surface area contributed by atoms with Crippen LogP contribution in [0.25, 0.3) is 0 Å². The normalized spacial score (nSPS) is 17.0. The summed E-state index contributed by atoms with van der Waals surface area (Å²) in [5, 5.41) is 18.8. The fourth-order valence-electron chi connectivity index (χ4n) is 2.54. The minimum Gasteiger partial charge on any atom is -0.376 e. The molecule has 2 aromatic rings. The summed E-state index contributed by atoms with van der Waals surface area (Å²) >= 11 is 0. The molecule has 2 heterocycles. The SMILES string of the molecule is N#Cc1ccc(NCC(=O)Nc2cnn(C3CCCCO3)c2)cc1. The van der Waals surface area contributed by atoms with Gasteiger partial charge < -0.3 is 15.4 Å². The molecule has 24 heavy (non-hydrogen) atoms. The van der Waals surface area contributed by atoms with E-state index in [2.05, 4.69) is 21.8 Å². The first-order chi connectivity index (χ1) is 11.7. The Morgan fingerprint density at radius 1 is 1.33 bits per heavy atom. The number of carbonyl (C=O) groups is 1. The Hall–Kier alpha value is -2.85. The molecule has 1 amide bonds. The summed E-state index contributed by atoms with van der Waals surface area (Å²) in [4.78, 5) is 12.0. The Labute approximate surface area is 140 Å². The minimum atomic E-state index is -0.163. The van der Waals surface area contributed by atoms with E-state index < -0.39 is 0 Å². The maximum absolute atomic E-state index is 12.0. The number of aromatic nitrogens is 2. The van der Waals surface area contributed by atoms with Crippen LogP contribution in [0.1, 0.15) is 31.1 Å². The molecule has 2 N–H and O–H groups in total. The standard InChI is InChI=1S/C17H19N5O2/c18-9-13-4-6-14(7-5-13)19-11-16(23)21-15-10-20-22(12-15)17-3-1-2-8-24-17/h4-7,10,12,17,19H,1-3,8,11H2,(H,21,23). The molecule has 0 aliphatic carbocycles. The summed E-state index contributed by atoms with van der Waals surface area (Å²) < 4.78 is 7.41. The van der Waals surface area contributed by atoms with Crippen molar-refractivity contribution in [2.45, 2.75) is 25.5 Å². The Bertz CT molecular complexity index is 726. The molecule has 1 atom stereocenters. The van der Waals surface area contributed by atoms with Crippen LogP contribution >= 0.6 is 0 Å². The lowest BCUT2D eigenvalue weighted by Crippen LogP contribution is -2.21. The molecule has 7 nitrogen and oxygen atoms in total. The van der Waals surface area contributed by atoms with Gasteiger partial charge in [-0.05, 0) is 43.5 Å². The number of carbonyl (C=O) groups excluding carboxylic acids is 1. The maximum Gasteiger partial charge on any atom is 0.243 e. The van der Waals surface area contributed by atoms with Crippen molar-refractivity contribution in [2.24, 2.45) is 0 Å². The Morgan fingerprint density at radius 3 is 2.88 bits per heavy atom. The number of hydrogen-bond acceptors (Lipinski definition) is 5. The number of hydrogen-bond donors (Lipinski definition) is 2. The number of ether oxygens (including phenoxy) is 1.